The molecular weight excluding hydrogens is 243 g/mol. The predicted octanol–water partition coefficient (Wildman–Crippen LogP) is 0.262. The van der Waals surface area contributed by atoms with Crippen molar-refractivity contribution in [3.63, 3.8) is 0 Å². The number of rotatable bonds is 2. The minimum absolute atomic E-state index is 0.0158. The number of hydrogen-bond acceptors (Lipinski definition) is 3. The van der Waals surface area contributed by atoms with Gasteiger partial charge < -0.3 is 17.2 Å². The number of nitro groups is 1. The Balaban J connectivity index is 3.26. The summed E-state index contributed by atoms with van der Waals surface area (Å²) >= 11 is 0. The first-order valence-electron chi connectivity index (χ1n) is 4.70. The van der Waals surface area contributed by atoms with E-state index in [9.17, 15) is 14.5 Å². The molecule has 0 aliphatic heterocycles. The second kappa shape index (κ2) is 5.08. The molecule has 8 nitrogen and oxygen atoms in total. The van der Waals surface area contributed by atoms with E-state index < -0.39 is 16.4 Å². The zero-order chi connectivity index (χ0) is 13.9. The van der Waals surface area contributed by atoms with Crippen molar-refractivity contribution in [3.8, 4) is 0 Å². The lowest BCUT2D eigenvalue weighted by Gasteiger charge is -2.02. The number of benzene rings is 1. The highest BCUT2D eigenvalue weighted by Gasteiger charge is 2.18. The zero-order valence-electron chi connectivity index (χ0n) is 9.42. The summed E-state index contributed by atoms with van der Waals surface area (Å²) in [5.74, 6) is -1.54. The van der Waals surface area contributed by atoms with E-state index in [-0.39, 0.29) is 23.2 Å². The lowest BCUT2D eigenvalue weighted by Crippen LogP contribution is -2.26. The third-order valence-corrected chi connectivity index (χ3v) is 2.01. The van der Waals surface area contributed by atoms with Crippen molar-refractivity contribution in [2.75, 3.05) is 0 Å². The number of nitro benzene ring substituents is 1. The Morgan fingerprint density at radius 3 is 2.50 bits per heavy atom. The molecule has 0 saturated carbocycles. The Labute approximate surface area is 101 Å². The molecule has 1 aromatic carbocycles. The van der Waals surface area contributed by atoms with Crippen molar-refractivity contribution in [2.24, 2.45) is 27.2 Å². The van der Waals surface area contributed by atoms with Gasteiger partial charge in [-0.2, -0.15) is 9.38 Å². The molecule has 0 fully saturated rings. The molecule has 0 radical (unpaired) electrons. The van der Waals surface area contributed by atoms with Gasteiger partial charge in [0.1, 0.15) is 0 Å². The number of aliphatic imine (C=N–C) groups is 2. The topological polar surface area (TPSA) is 146 Å². The van der Waals surface area contributed by atoms with Gasteiger partial charge >= 0.3 is 5.69 Å². The third kappa shape index (κ3) is 2.90. The fraction of sp³-hybridized carbons (Fsp3) is 0.111. The van der Waals surface area contributed by atoms with Crippen molar-refractivity contribution >= 4 is 23.3 Å². The maximum Gasteiger partial charge on any atom is 0.305 e. The van der Waals surface area contributed by atoms with Gasteiger partial charge in [-0.1, -0.05) is 0 Å². The summed E-state index contributed by atoms with van der Waals surface area (Å²) in [4.78, 5) is 16.9. The number of halogens is 1. The molecule has 0 aliphatic carbocycles. The average Bonchev–Trinajstić information content (AvgIpc) is 2.23. The highest BCUT2D eigenvalue weighted by Crippen LogP contribution is 2.28. The molecule has 0 spiro atoms. The molecular formula is C9H11FN6O2. The fourth-order valence-corrected chi connectivity index (χ4v) is 1.20. The van der Waals surface area contributed by atoms with Gasteiger partial charge in [-0.3, -0.25) is 10.1 Å². The second-order valence-corrected chi connectivity index (χ2v) is 3.31. The van der Waals surface area contributed by atoms with Crippen molar-refractivity contribution < 1.29 is 9.31 Å². The first-order chi connectivity index (χ1) is 8.32. The molecule has 9 heteroatoms. The Morgan fingerprint density at radius 1 is 1.39 bits per heavy atom. The summed E-state index contributed by atoms with van der Waals surface area (Å²) in [7, 11) is 0. The molecule has 0 heterocycles. The van der Waals surface area contributed by atoms with Crippen LogP contribution in [0.3, 0.4) is 0 Å². The van der Waals surface area contributed by atoms with Crippen LogP contribution in [0.2, 0.25) is 0 Å². The molecule has 18 heavy (non-hydrogen) atoms. The van der Waals surface area contributed by atoms with Crippen LogP contribution < -0.4 is 17.2 Å². The normalized spacial score (nSPS) is 11.1. The molecule has 1 rings (SSSR count). The highest BCUT2D eigenvalue weighted by molar-refractivity contribution is 5.93. The van der Waals surface area contributed by atoms with E-state index in [0.717, 1.165) is 6.07 Å². The van der Waals surface area contributed by atoms with Gasteiger partial charge in [0.15, 0.2) is 5.96 Å². The van der Waals surface area contributed by atoms with Crippen LogP contribution >= 0.6 is 0 Å². The maximum atomic E-state index is 13.6. The van der Waals surface area contributed by atoms with Gasteiger partial charge in [0.05, 0.1) is 10.6 Å². The van der Waals surface area contributed by atoms with Crippen LogP contribution in [0.25, 0.3) is 0 Å². The van der Waals surface area contributed by atoms with E-state index in [2.05, 4.69) is 9.98 Å². The summed E-state index contributed by atoms with van der Waals surface area (Å²) in [5.41, 5.74) is 15.0. The van der Waals surface area contributed by atoms with Crippen LogP contribution in [-0.2, 0) is 0 Å². The van der Waals surface area contributed by atoms with Crippen LogP contribution in [0.15, 0.2) is 22.1 Å². The molecule has 96 valence electrons. The Morgan fingerprint density at radius 2 is 2.00 bits per heavy atom. The van der Waals surface area contributed by atoms with Crippen molar-refractivity contribution in [2.45, 2.75) is 6.92 Å². The van der Waals surface area contributed by atoms with E-state index in [1.54, 1.807) is 0 Å². The summed E-state index contributed by atoms with van der Waals surface area (Å²) in [6.07, 6.45) is 0. The van der Waals surface area contributed by atoms with Gasteiger partial charge in [-0.05, 0) is 13.0 Å². The number of guanidine groups is 2. The molecule has 0 amide bonds. The summed E-state index contributed by atoms with van der Waals surface area (Å²) in [6, 6.07) is 2.25. The molecule has 0 bridgehead atoms. The summed E-state index contributed by atoms with van der Waals surface area (Å²) in [6.45, 7) is 1.34. The largest absolute Gasteiger partial charge is 0.370 e. The predicted molar refractivity (Wildman–Crippen MR) is 64.9 cm³/mol. The molecule has 0 aliphatic rings. The summed E-state index contributed by atoms with van der Waals surface area (Å²) in [5, 5.41) is 10.5. The average molecular weight is 254 g/mol. The van der Waals surface area contributed by atoms with Crippen molar-refractivity contribution in [3.05, 3.63) is 33.6 Å². The van der Waals surface area contributed by atoms with Gasteiger partial charge in [0.2, 0.25) is 11.8 Å². The van der Waals surface area contributed by atoms with Gasteiger partial charge in [0.25, 0.3) is 0 Å². The second-order valence-electron chi connectivity index (χ2n) is 3.31. The van der Waals surface area contributed by atoms with Crippen LogP contribution in [0.5, 0.6) is 0 Å². The quantitative estimate of drug-likeness (QED) is 0.300. The summed E-state index contributed by atoms with van der Waals surface area (Å²) < 4.78 is 13.6. The third-order valence-electron chi connectivity index (χ3n) is 2.01. The van der Waals surface area contributed by atoms with Crippen LogP contribution in [-0.4, -0.2) is 16.8 Å². The van der Waals surface area contributed by atoms with Gasteiger partial charge in [-0.15, -0.1) is 0 Å². The number of nitrogens with two attached hydrogens (primary N) is 3. The molecule has 0 atom stereocenters. The zero-order valence-corrected chi connectivity index (χ0v) is 9.42. The Bertz CT molecular complexity index is 550. The minimum Gasteiger partial charge on any atom is -0.370 e. The minimum atomic E-state index is -0.973. The lowest BCUT2D eigenvalue weighted by atomic mass is 10.1. The molecule has 1 aromatic rings. The number of nitrogens with zero attached hydrogens (tertiary/aromatic N) is 3. The van der Waals surface area contributed by atoms with E-state index in [1.807, 2.05) is 0 Å². The smallest absolute Gasteiger partial charge is 0.305 e. The molecule has 0 unspecified atom stereocenters. The Kier molecular flexibility index (Phi) is 3.77. The van der Waals surface area contributed by atoms with E-state index >= 15 is 0 Å². The first kappa shape index (κ1) is 13.4. The SMILES string of the molecule is Cc1c(N=C(N)N=C(N)N)ccc([N+](=O)[O-])c1F. The Hall–Kier alpha value is -2.71. The van der Waals surface area contributed by atoms with Crippen LogP contribution in [0.4, 0.5) is 15.8 Å². The standard InChI is InChI=1S/C9H11FN6O2/c1-4-5(14-9(13)15-8(11)12)2-3-6(7(4)10)16(17)18/h2-3H,1H3,(H6,11,12,13,14,15). The van der Waals surface area contributed by atoms with E-state index in [0.29, 0.717) is 0 Å². The van der Waals surface area contributed by atoms with Crippen molar-refractivity contribution in [1.29, 1.82) is 0 Å². The van der Waals surface area contributed by atoms with Gasteiger partial charge in [0, 0.05) is 11.6 Å². The highest BCUT2D eigenvalue weighted by atomic mass is 19.1. The van der Waals surface area contributed by atoms with Crippen LogP contribution in [0.1, 0.15) is 5.56 Å². The molecule has 6 N–H and O–H groups in total. The fourth-order valence-electron chi connectivity index (χ4n) is 1.20. The maximum absolute atomic E-state index is 13.6. The van der Waals surface area contributed by atoms with E-state index in [1.165, 1.54) is 13.0 Å². The van der Waals surface area contributed by atoms with Crippen molar-refractivity contribution in [1.82, 2.24) is 0 Å². The first-order valence-corrected chi connectivity index (χ1v) is 4.70. The molecule has 0 aromatic heterocycles. The van der Waals surface area contributed by atoms with Gasteiger partial charge in [-0.25, -0.2) is 4.99 Å². The number of hydrogen-bond donors (Lipinski definition) is 3. The van der Waals surface area contributed by atoms with Crippen LogP contribution in [0, 0.1) is 22.9 Å². The van der Waals surface area contributed by atoms with E-state index in [4.69, 9.17) is 17.2 Å². The molecule has 0 saturated heterocycles. The monoisotopic (exact) mass is 254 g/mol. The lowest BCUT2D eigenvalue weighted by molar-refractivity contribution is -0.387.